The van der Waals surface area contributed by atoms with Crippen molar-refractivity contribution in [2.24, 2.45) is 0 Å². The number of hydrogen-bond acceptors (Lipinski definition) is 3. The summed E-state index contributed by atoms with van der Waals surface area (Å²) in [5.74, 6) is 0.596. The van der Waals surface area contributed by atoms with Crippen LogP contribution in [-0.2, 0) is 0 Å². The normalized spacial score (nSPS) is 10.2. The van der Waals surface area contributed by atoms with Gasteiger partial charge in [0, 0.05) is 12.1 Å². The molecule has 0 fully saturated rings. The van der Waals surface area contributed by atoms with E-state index in [0.717, 1.165) is 0 Å². The number of nitrogens with zero attached hydrogens (tertiary/aromatic N) is 2. The quantitative estimate of drug-likeness (QED) is 0.797. The smallest absolute Gasteiger partial charge is 0.218 e. The van der Waals surface area contributed by atoms with Gasteiger partial charge in [0.05, 0.1) is 12.3 Å². The molecule has 1 aromatic rings. The Bertz CT molecular complexity index is 360. The van der Waals surface area contributed by atoms with Crippen molar-refractivity contribution in [2.45, 2.75) is 26.8 Å². The Morgan fingerprint density at radius 3 is 2.71 bits per heavy atom. The van der Waals surface area contributed by atoms with Crippen molar-refractivity contribution < 1.29 is 4.74 Å². The van der Waals surface area contributed by atoms with E-state index in [0.29, 0.717) is 23.9 Å². The molecule has 1 rings (SSSR count). The third-order valence-corrected chi connectivity index (χ3v) is 1.93. The summed E-state index contributed by atoms with van der Waals surface area (Å²) in [5, 5.41) is 8.89. The van der Waals surface area contributed by atoms with Gasteiger partial charge in [-0.05, 0) is 20.8 Å². The summed E-state index contributed by atoms with van der Waals surface area (Å²) >= 11 is 0. The summed E-state index contributed by atoms with van der Waals surface area (Å²) in [5.41, 5.74) is 6.81. The molecule has 0 aliphatic rings. The van der Waals surface area contributed by atoms with Gasteiger partial charge in [0.1, 0.15) is 11.8 Å². The number of aromatic nitrogens is 1. The highest BCUT2D eigenvalue weighted by Crippen LogP contribution is 2.29. The zero-order chi connectivity index (χ0) is 10.7. The van der Waals surface area contributed by atoms with E-state index in [1.807, 2.05) is 20.8 Å². The Morgan fingerprint density at radius 1 is 1.64 bits per heavy atom. The van der Waals surface area contributed by atoms with Gasteiger partial charge in [-0.25, -0.2) is 0 Å². The van der Waals surface area contributed by atoms with Gasteiger partial charge in [-0.3, -0.25) is 4.57 Å². The maximum atomic E-state index is 8.89. The molecule has 4 nitrogen and oxygen atoms in total. The summed E-state index contributed by atoms with van der Waals surface area (Å²) in [6, 6.07) is 3.91. The number of ether oxygens (including phenoxy) is 1. The topological polar surface area (TPSA) is 64.0 Å². The van der Waals surface area contributed by atoms with E-state index in [1.54, 1.807) is 10.6 Å². The highest BCUT2D eigenvalue weighted by molar-refractivity contribution is 5.55. The maximum absolute atomic E-state index is 8.89. The van der Waals surface area contributed by atoms with Crippen LogP contribution in [0.1, 0.15) is 32.5 Å². The molecule has 0 bridgehead atoms. The molecule has 0 radical (unpaired) electrons. The van der Waals surface area contributed by atoms with Crippen LogP contribution in [0.5, 0.6) is 5.88 Å². The molecule has 4 heteroatoms. The fourth-order valence-corrected chi connectivity index (χ4v) is 1.42. The summed E-state index contributed by atoms with van der Waals surface area (Å²) in [4.78, 5) is 0. The van der Waals surface area contributed by atoms with Crippen LogP contribution in [0.4, 0.5) is 5.69 Å². The third kappa shape index (κ3) is 1.67. The zero-order valence-corrected chi connectivity index (χ0v) is 8.74. The van der Waals surface area contributed by atoms with Gasteiger partial charge < -0.3 is 10.5 Å². The second kappa shape index (κ2) is 4.05. The molecule has 0 unspecified atom stereocenters. The first kappa shape index (κ1) is 10.5. The van der Waals surface area contributed by atoms with E-state index in [9.17, 15) is 0 Å². The van der Waals surface area contributed by atoms with Crippen molar-refractivity contribution in [3.63, 3.8) is 0 Å². The van der Waals surface area contributed by atoms with Crippen molar-refractivity contribution in [1.82, 2.24) is 4.57 Å². The lowest BCUT2D eigenvalue weighted by Crippen LogP contribution is -2.08. The molecular formula is C10H15N3O. The SMILES string of the molecule is CCOc1c(N)cc(C#N)n1C(C)C. The van der Waals surface area contributed by atoms with Crippen LogP contribution in [0.15, 0.2) is 6.07 Å². The lowest BCUT2D eigenvalue weighted by atomic mass is 10.3. The van der Waals surface area contributed by atoms with Crippen LogP contribution < -0.4 is 10.5 Å². The van der Waals surface area contributed by atoms with E-state index in [2.05, 4.69) is 6.07 Å². The summed E-state index contributed by atoms with van der Waals surface area (Å²) in [6.07, 6.45) is 0. The number of rotatable bonds is 3. The van der Waals surface area contributed by atoms with Gasteiger partial charge >= 0.3 is 0 Å². The first-order valence-corrected chi connectivity index (χ1v) is 4.65. The molecule has 0 aromatic carbocycles. The molecule has 76 valence electrons. The van der Waals surface area contributed by atoms with Gasteiger partial charge in [0.15, 0.2) is 0 Å². The van der Waals surface area contributed by atoms with Gasteiger partial charge in [0.2, 0.25) is 5.88 Å². The lowest BCUT2D eigenvalue weighted by molar-refractivity contribution is 0.304. The molecule has 0 amide bonds. The standard InChI is InChI=1S/C10H15N3O/c1-4-14-10-9(12)5-8(6-11)13(10)7(2)3/h5,7H,4,12H2,1-3H3. The van der Waals surface area contributed by atoms with Gasteiger partial charge in [-0.15, -0.1) is 0 Å². The first-order chi connectivity index (χ1) is 6.61. The zero-order valence-electron chi connectivity index (χ0n) is 8.74. The fourth-order valence-electron chi connectivity index (χ4n) is 1.42. The average Bonchev–Trinajstić information content (AvgIpc) is 2.44. The van der Waals surface area contributed by atoms with E-state index in [-0.39, 0.29) is 6.04 Å². The predicted molar refractivity (Wildman–Crippen MR) is 55.1 cm³/mol. The largest absolute Gasteiger partial charge is 0.478 e. The van der Waals surface area contributed by atoms with Crippen LogP contribution in [-0.4, -0.2) is 11.2 Å². The van der Waals surface area contributed by atoms with E-state index in [4.69, 9.17) is 15.7 Å². The number of nitrogen functional groups attached to an aromatic ring is 1. The molecule has 0 atom stereocenters. The molecule has 0 spiro atoms. The highest BCUT2D eigenvalue weighted by Gasteiger charge is 2.15. The van der Waals surface area contributed by atoms with Crippen LogP contribution in [0.2, 0.25) is 0 Å². The van der Waals surface area contributed by atoms with Crippen LogP contribution in [0.3, 0.4) is 0 Å². The summed E-state index contributed by atoms with van der Waals surface area (Å²) < 4.78 is 7.20. The molecule has 1 heterocycles. The minimum Gasteiger partial charge on any atom is -0.478 e. The number of hydrogen-bond donors (Lipinski definition) is 1. The van der Waals surface area contributed by atoms with Crippen molar-refractivity contribution in [3.8, 4) is 11.9 Å². The van der Waals surface area contributed by atoms with Crippen LogP contribution in [0.25, 0.3) is 0 Å². The highest BCUT2D eigenvalue weighted by atomic mass is 16.5. The van der Waals surface area contributed by atoms with E-state index < -0.39 is 0 Å². The first-order valence-electron chi connectivity index (χ1n) is 4.65. The summed E-state index contributed by atoms with van der Waals surface area (Å²) in [7, 11) is 0. The Morgan fingerprint density at radius 2 is 2.29 bits per heavy atom. The Labute approximate surface area is 83.9 Å². The minimum atomic E-state index is 0.170. The molecular weight excluding hydrogens is 178 g/mol. The Hall–Kier alpha value is -1.63. The maximum Gasteiger partial charge on any atom is 0.218 e. The molecule has 2 N–H and O–H groups in total. The molecule has 0 saturated heterocycles. The Balaban J connectivity index is 3.25. The average molecular weight is 193 g/mol. The van der Waals surface area contributed by atoms with Crippen LogP contribution in [0, 0.1) is 11.3 Å². The second-order valence-corrected chi connectivity index (χ2v) is 3.30. The Kier molecular flexibility index (Phi) is 3.03. The van der Waals surface area contributed by atoms with Gasteiger partial charge in [-0.2, -0.15) is 5.26 Å². The van der Waals surface area contributed by atoms with E-state index in [1.165, 1.54) is 0 Å². The monoisotopic (exact) mass is 193 g/mol. The molecule has 1 aromatic heterocycles. The van der Waals surface area contributed by atoms with Crippen molar-refractivity contribution >= 4 is 5.69 Å². The number of nitriles is 1. The molecule has 0 aliphatic carbocycles. The molecule has 0 saturated carbocycles. The molecule has 0 aliphatic heterocycles. The van der Waals surface area contributed by atoms with Crippen molar-refractivity contribution in [2.75, 3.05) is 12.3 Å². The van der Waals surface area contributed by atoms with Gasteiger partial charge in [0.25, 0.3) is 0 Å². The van der Waals surface area contributed by atoms with Crippen molar-refractivity contribution in [1.29, 1.82) is 5.26 Å². The fraction of sp³-hybridized carbons (Fsp3) is 0.500. The lowest BCUT2D eigenvalue weighted by Gasteiger charge is -2.14. The van der Waals surface area contributed by atoms with Gasteiger partial charge in [-0.1, -0.05) is 0 Å². The number of nitrogens with two attached hydrogens (primary N) is 1. The number of anilines is 1. The molecule has 14 heavy (non-hydrogen) atoms. The van der Waals surface area contributed by atoms with Crippen molar-refractivity contribution in [3.05, 3.63) is 11.8 Å². The third-order valence-electron chi connectivity index (χ3n) is 1.93. The second-order valence-electron chi connectivity index (χ2n) is 3.30. The van der Waals surface area contributed by atoms with Crippen LogP contribution >= 0.6 is 0 Å². The summed E-state index contributed by atoms with van der Waals surface area (Å²) in [6.45, 7) is 6.42. The minimum absolute atomic E-state index is 0.170. The predicted octanol–water partition coefficient (Wildman–Crippen LogP) is 1.92. The van der Waals surface area contributed by atoms with E-state index >= 15 is 0 Å².